The van der Waals surface area contributed by atoms with Crippen molar-refractivity contribution >= 4 is 12.0 Å². The Labute approximate surface area is 120 Å². The van der Waals surface area contributed by atoms with Crippen LogP contribution >= 0.6 is 0 Å². The summed E-state index contributed by atoms with van der Waals surface area (Å²) in [5.74, 6) is -0.592. The summed E-state index contributed by atoms with van der Waals surface area (Å²) in [6, 6.07) is 6.81. The predicted octanol–water partition coefficient (Wildman–Crippen LogP) is 3.96. The van der Waals surface area contributed by atoms with Crippen LogP contribution in [0.15, 0.2) is 30.3 Å². The summed E-state index contributed by atoms with van der Waals surface area (Å²) in [5.41, 5.74) is 0.909. The van der Waals surface area contributed by atoms with Gasteiger partial charge in [0.25, 0.3) is 5.69 Å². The molecule has 0 fully saturated rings. The monoisotopic (exact) mass is 289 g/mol. The molecule has 0 heterocycles. The average Bonchev–Trinajstić information content (AvgIpc) is 2.44. The molecule has 0 amide bonds. The van der Waals surface area contributed by atoms with Crippen molar-refractivity contribution in [3.05, 3.63) is 63.0 Å². The summed E-state index contributed by atoms with van der Waals surface area (Å²) in [6.07, 6.45) is 0.492. The number of halogens is 1. The van der Waals surface area contributed by atoms with Gasteiger partial charge in [-0.2, -0.15) is 0 Å². The first-order valence-corrected chi connectivity index (χ1v) is 6.11. The number of carbonyl (C=O) groups is 1. The molecule has 0 N–H and O–H groups in total. The van der Waals surface area contributed by atoms with E-state index in [0.29, 0.717) is 17.4 Å². The first-order chi connectivity index (χ1) is 9.93. The van der Waals surface area contributed by atoms with Crippen molar-refractivity contribution in [2.45, 2.75) is 13.8 Å². The second-order valence-electron chi connectivity index (χ2n) is 4.54. The third-order valence-electron chi connectivity index (χ3n) is 3.03. The first-order valence-electron chi connectivity index (χ1n) is 6.11. The summed E-state index contributed by atoms with van der Waals surface area (Å²) in [4.78, 5) is 21.3. The van der Waals surface area contributed by atoms with Gasteiger partial charge in [-0.25, -0.2) is 4.39 Å². The van der Waals surface area contributed by atoms with E-state index in [9.17, 15) is 19.3 Å². The van der Waals surface area contributed by atoms with Crippen LogP contribution in [0.2, 0.25) is 0 Å². The number of nitrogens with zero attached hydrogens (tertiary/aromatic N) is 1. The van der Waals surface area contributed by atoms with Crippen LogP contribution < -0.4 is 4.74 Å². The van der Waals surface area contributed by atoms with Crippen LogP contribution in [0, 0.1) is 29.8 Å². The van der Waals surface area contributed by atoms with Gasteiger partial charge in [-0.05, 0) is 37.6 Å². The molecule has 0 bridgehead atoms. The molecule has 0 aliphatic rings. The lowest BCUT2D eigenvalue weighted by molar-refractivity contribution is -0.385. The topological polar surface area (TPSA) is 69.4 Å². The van der Waals surface area contributed by atoms with Crippen LogP contribution in [0.1, 0.15) is 21.5 Å². The average molecular weight is 289 g/mol. The van der Waals surface area contributed by atoms with Gasteiger partial charge in [0.15, 0.2) is 17.9 Å². The van der Waals surface area contributed by atoms with Crippen molar-refractivity contribution in [2.24, 2.45) is 0 Å². The fourth-order valence-corrected chi connectivity index (χ4v) is 1.92. The Morgan fingerprint density at radius 3 is 2.57 bits per heavy atom. The zero-order valence-electron chi connectivity index (χ0n) is 11.4. The van der Waals surface area contributed by atoms with Crippen LogP contribution in [0.4, 0.5) is 10.1 Å². The zero-order chi connectivity index (χ0) is 15.6. The van der Waals surface area contributed by atoms with E-state index in [2.05, 4.69) is 0 Å². The van der Waals surface area contributed by atoms with Gasteiger partial charge >= 0.3 is 0 Å². The van der Waals surface area contributed by atoms with E-state index in [0.717, 1.165) is 0 Å². The number of para-hydroxylation sites is 1. The van der Waals surface area contributed by atoms with E-state index in [1.54, 1.807) is 13.8 Å². The van der Waals surface area contributed by atoms with Crippen molar-refractivity contribution in [2.75, 3.05) is 0 Å². The van der Waals surface area contributed by atoms with E-state index in [-0.39, 0.29) is 22.7 Å². The largest absolute Gasteiger partial charge is 0.453 e. The predicted molar refractivity (Wildman–Crippen MR) is 74.4 cm³/mol. The fourth-order valence-electron chi connectivity index (χ4n) is 1.92. The number of rotatable bonds is 4. The lowest BCUT2D eigenvalue weighted by atomic mass is 10.1. The molecule has 0 aliphatic heterocycles. The second-order valence-corrected chi connectivity index (χ2v) is 4.54. The third-order valence-corrected chi connectivity index (χ3v) is 3.03. The number of benzene rings is 2. The van der Waals surface area contributed by atoms with Crippen LogP contribution in [0.25, 0.3) is 0 Å². The minimum absolute atomic E-state index is 0.0380. The molecule has 2 rings (SSSR count). The molecule has 5 nitrogen and oxygen atoms in total. The van der Waals surface area contributed by atoms with Crippen molar-refractivity contribution in [1.82, 2.24) is 0 Å². The van der Waals surface area contributed by atoms with Crippen molar-refractivity contribution in [3.63, 3.8) is 0 Å². The lowest BCUT2D eigenvalue weighted by Gasteiger charge is -2.12. The van der Waals surface area contributed by atoms with Gasteiger partial charge < -0.3 is 4.74 Å². The Morgan fingerprint density at radius 1 is 1.24 bits per heavy atom. The van der Waals surface area contributed by atoms with Crippen molar-refractivity contribution in [1.29, 1.82) is 0 Å². The lowest BCUT2D eigenvalue weighted by Crippen LogP contribution is -1.98. The zero-order valence-corrected chi connectivity index (χ0v) is 11.4. The minimum Gasteiger partial charge on any atom is -0.453 e. The Balaban J connectivity index is 2.48. The van der Waals surface area contributed by atoms with Crippen LogP contribution in [0.3, 0.4) is 0 Å². The summed E-state index contributed by atoms with van der Waals surface area (Å²) in [7, 11) is 0. The Morgan fingerprint density at radius 2 is 1.95 bits per heavy atom. The maximum absolute atomic E-state index is 13.8. The van der Waals surface area contributed by atoms with Gasteiger partial charge in [0, 0.05) is 11.6 Å². The number of aryl methyl sites for hydroxylation is 2. The highest BCUT2D eigenvalue weighted by molar-refractivity contribution is 5.79. The molecule has 0 saturated heterocycles. The molecule has 21 heavy (non-hydrogen) atoms. The maximum Gasteiger partial charge on any atom is 0.272 e. The molecule has 0 aliphatic carbocycles. The summed E-state index contributed by atoms with van der Waals surface area (Å²) < 4.78 is 19.2. The van der Waals surface area contributed by atoms with Crippen LogP contribution in [0.5, 0.6) is 11.5 Å². The molecule has 0 unspecified atom stereocenters. The molecule has 2 aromatic rings. The van der Waals surface area contributed by atoms with Gasteiger partial charge in [-0.3, -0.25) is 14.9 Å². The highest BCUT2D eigenvalue weighted by Gasteiger charge is 2.17. The standard InChI is InChI=1S/C15H12FNO4/c1-9-7-14(10(2)6-13(9)17(19)20)21-15-11(8-18)4-3-5-12(15)16/h3-8H,1-2H3. The number of ether oxygens (including phenoxy) is 1. The van der Waals surface area contributed by atoms with Crippen LogP contribution in [-0.2, 0) is 0 Å². The van der Waals surface area contributed by atoms with E-state index >= 15 is 0 Å². The van der Waals surface area contributed by atoms with Gasteiger partial charge in [0.05, 0.1) is 10.5 Å². The quantitative estimate of drug-likeness (QED) is 0.485. The third kappa shape index (κ3) is 2.89. The highest BCUT2D eigenvalue weighted by Crippen LogP contribution is 2.33. The van der Waals surface area contributed by atoms with Gasteiger partial charge in [0.2, 0.25) is 0 Å². The van der Waals surface area contributed by atoms with E-state index < -0.39 is 10.7 Å². The Hall–Kier alpha value is -2.76. The van der Waals surface area contributed by atoms with E-state index in [1.165, 1.54) is 30.3 Å². The number of nitro groups is 1. The molecule has 0 atom stereocenters. The molecule has 2 aromatic carbocycles. The van der Waals surface area contributed by atoms with Gasteiger partial charge in [0.1, 0.15) is 5.75 Å². The summed E-state index contributed by atoms with van der Waals surface area (Å²) in [5, 5.41) is 10.9. The number of hydrogen-bond donors (Lipinski definition) is 0. The minimum atomic E-state index is -0.671. The molecule has 6 heteroatoms. The smallest absolute Gasteiger partial charge is 0.272 e. The molecule has 108 valence electrons. The summed E-state index contributed by atoms with van der Waals surface area (Å²) in [6.45, 7) is 3.18. The molecule has 0 spiro atoms. The number of carbonyl (C=O) groups excluding carboxylic acids is 1. The van der Waals surface area contributed by atoms with Gasteiger partial charge in [-0.15, -0.1) is 0 Å². The van der Waals surface area contributed by atoms with Crippen molar-refractivity contribution in [3.8, 4) is 11.5 Å². The van der Waals surface area contributed by atoms with Gasteiger partial charge in [-0.1, -0.05) is 6.07 Å². The molecule has 0 radical (unpaired) electrons. The molecule has 0 aromatic heterocycles. The second kappa shape index (κ2) is 5.70. The summed E-state index contributed by atoms with van der Waals surface area (Å²) >= 11 is 0. The first kappa shape index (κ1) is 14.6. The normalized spacial score (nSPS) is 10.2. The maximum atomic E-state index is 13.8. The number of nitro benzene ring substituents is 1. The van der Waals surface area contributed by atoms with E-state index in [1.807, 2.05) is 0 Å². The Bertz CT molecular complexity index is 728. The number of hydrogen-bond acceptors (Lipinski definition) is 4. The Kier molecular flexibility index (Phi) is 3.98. The SMILES string of the molecule is Cc1cc([N+](=O)[O-])c(C)cc1Oc1c(F)cccc1C=O. The van der Waals surface area contributed by atoms with E-state index in [4.69, 9.17) is 4.74 Å². The highest BCUT2D eigenvalue weighted by atomic mass is 19.1. The molecule has 0 saturated carbocycles. The fraction of sp³-hybridized carbons (Fsp3) is 0.133. The van der Waals surface area contributed by atoms with Crippen molar-refractivity contribution < 1.29 is 18.8 Å². The molecular weight excluding hydrogens is 277 g/mol. The number of aldehydes is 1. The molecular formula is C15H12FNO4. The van der Waals surface area contributed by atoms with Crippen LogP contribution in [-0.4, -0.2) is 11.2 Å².